The average Bonchev–Trinajstić information content (AvgIpc) is 3.55. The van der Waals surface area contributed by atoms with Crippen molar-refractivity contribution in [3.63, 3.8) is 0 Å². The summed E-state index contributed by atoms with van der Waals surface area (Å²) in [6.07, 6.45) is 0. The molecular weight excluding hydrogens is 496 g/mol. The van der Waals surface area contributed by atoms with Crippen LogP contribution in [0, 0.1) is 0 Å². The second-order valence-corrected chi connectivity index (χ2v) is 10.5. The Hall–Kier alpha value is -5.08. The van der Waals surface area contributed by atoms with Gasteiger partial charge >= 0.3 is 0 Å². The molecule has 0 saturated carbocycles. The maximum atomic E-state index is 2.57. The van der Waals surface area contributed by atoms with Gasteiger partial charge in [0.05, 0.1) is 18.0 Å². The van der Waals surface area contributed by atoms with Gasteiger partial charge in [-0.05, 0) is 22.3 Å². The quantitative estimate of drug-likeness (QED) is 0.212. The van der Waals surface area contributed by atoms with Crippen LogP contribution in [-0.4, -0.2) is 19.8 Å². The summed E-state index contributed by atoms with van der Waals surface area (Å²) < 4.78 is 0. The minimum atomic E-state index is 0.813. The van der Waals surface area contributed by atoms with E-state index in [1.54, 1.807) is 0 Å². The summed E-state index contributed by atoms with van der Waals surface area (Å²) >= 11 is 0. The van der Waals surface area contributed by atoms with Gasteiger partial charge in [0.15, 0.2) is 0 Å². The highest BCUT2D eigenvalue weighted by atomic mass is 15.4. The molecule has 0 atom stereocenters. The number of nitrogens with zero attached hydrogens (tertiary/aromatic N) is 2. The van der Waals surface area contributed by atoms with E-state index < -0.39 is 0 Å². The smallest absolute Gasteiger partial charge is 0.0905 e. The van der Waals surface area contributed by atoms with E-state index in [9.17, 15) is 0 Å². The van der Waals surface area contributed by atoms with E-state index in [1.807, 2.05) is 0 Å². The predicted molar refractivity (Wildman–Crippen MR) is 174 cm³/mol. The van der Waals surface area contributed by atoms with Crippen LogP contribution in [0.25, 0.3) is 44.5 Å². The van der Waals surface area contributed by atoms with Crippen molar-refractivity contribution < 1.29 is 0 Å². The normalized spacial score (nSPS) is 13.0. The fourth-order valence-electron chi connectivity index (χ4n) is 6.12. The molecule has 0 aromatic heterocycles. The van der Waals surface area contributed by atoms with E-state index in [4.69, 9.17) is 0 Å². The Labute approximate surface area is 242 Å². The summed E-state index contributed by atoms with van der Waals surface area (Å²) in [5.74, 6) is 0. The molecule has 6 aromatic carbocycles. The highest BCUT2D eigenvalue weighted by Crippen LogP contribution is 2.44. The third kappa shape index (κ3) is 4.90. The van der Waals surface area contributed by atoms with Crippen LogP contribution in [-0.2, 0) is 0 Å². The zero-order valence-electron chi connectivity index (χ0n) is 23.0. The van der Waals surface area contributed by atoms with Crippen molar-refractivity contribution in [2.24, 2.45) is 0 Å². The first-order valence-electron chi connectivity index (χ1n) is 14.3. The Bertz CT molecular complexity index is 1500. The SMILES string of the molecule is c1ccc(-c2cccc(-c3ccccc3)c2N2CCN(c3c(-c4ccccc4)cccc3-c3ccccc3)C2)cc1. The van der Waals surface area contributed by atoms with Crippen molar-refractivity contribution >= 4 is 11.4 Å². The molecule has 6 aromatic rings. The Morgan fingerprint density at radius 3 is 0.829 bits per heavy atom. The summed E-state index contributed by atoms with van der Waals surface area (Å²) in [5.41, 5.74) is 12.7. The van der Waals surface area contributed by atoms with Crippen LogP contribution in [0.4, 0.5) is 11.4 Å². The summed E-state index contributed by atoms with van der Waals surface area (Å²) in [5, 5.41) is 0. The van der Waals surface area contributed by atoms with E-state index in [2.05, 4.69) is 168 Å². The zero-order chi connectivity index (χ0) is 27.4. The molecular formula is C39H32N2. The molecule has 0 N–H and O–H groups in total. The molecule has 41 heavy (non-hydrogen) atoms. The minimum absolute atomic E-state index is 0.813. The summed E-state index contributed by atoms with van der Waals surface area (Å²) in [6.45, 7) is 2.70. The van der Waals surface area contributed by atoms with Crippen molar-refractivity contribution in [2.75, 3.05) is 29.6 Å². The first kappa shape index (κ1) is 24.9. The Morgan fingerprint density at radius 1 is 0.293 bits per heavy atom. The summed E-state index contributed by atoms with van der Waals surface area (Å²) in [4.78, 5) is 5.14. The number of benzene rings is 6. The van der Waals surface area contributed by atoms with Crippen molar-refractivity contribution in [1.82, 2.24) is 0 Å². The molecule has 0 aliphatic carbocycles. The lowest BCUT2D eigenvalue weighted by molar-refractivity contribution is 0.952. The zero-order valence-corrected chi connectivity index (χ0v) is 23.0. The van der Waals surface area contributed by atoms with Gasteiger partial charge in [-0.2, -0.15) is 0 Å². The van der Waals surface area contributed by atoms with E-state index in [0.717, 1.165) is 19.8 Å². The van der Waals surface area contributed by atoms with Gasteiger partial charge < -0.3 is 9.80 Å². The van der Waals surface area contributed by atoms with Gasteiger partial charge in [0.1, 0.15) is 0 Å². The van der Waals surface area contributed by atoms with Gasteiger partial charge in [-0.25, -0.2) is 0 Å². The molecule has 1 fully saturated rings. The van der Waals surface area contributed by atoms with Crippen LogP contribution in [0.3, 0.4) is 0 Å². The molecule has 1 aliphatic rings. The average molecular weight is 529 g/mol. The van der Waals surface area contributed by atoms with E-state index in [-0.39, 0.29) is 0 Å². The largest absolute Gasteiger partial charge is 0.351 e. The number of hydrogen-bond donors (Lipinski definition) is 0. The first-order valence-corrected chi connectivity index (χ1v) is 14.3. The van der Waals surface area contributed by atoms with Crippen LogP contribution < -0.4 is 9.80 Å². The van der Waals surface area contributed by atoms with Crippen LogP contribution in [0.2, 0.25) is 0 Å². The van der Waals surface area contributed by atoms with Crippen LogP contribution in [0.5, 0.6) is 0 Å². The molecule has 198 valence electrons. The van der Waals surface area contributed by atoms with E-state index >= 15 is 0 Å². The van der Waals surface area contributed by atoms with Gasteiger partial charge in [-0.3, -0.25) is 0 Å². The fraction of sp³-hybridized carbons (Fsp3) is 0.0769. The molecule has 1 saturated heterocycles. The lowest BCUT2D eigenvalue weighted by atomic mass is 9.95. The number of anilines is 2. The monoisotopic (exact) mass is 528 g/mol. The van der Waals surface area contributed by atoms with E-state index in [1.165, 1.54) is 55.9 Å². The number of hydrogen-bond acceptors (Lipinski definition) is 2. The van der Waals surface area contributed by atoms with Crippen LogP contribution >= 0.6 is 0 Å². The predicted octanol–water partition coefficient (Wildman–Crippen LogP) is 9.64. The molecule has 0 radical (unpaired) electrons. The molecule has 7 rings (SSSR count). The van der Waals surface area contributed by atoms with Gasteiger partial charge in [-0.1, -0.05) is 158 Å². The van der Waals surface area contributed by atoms with Crippen molar-refractivity contribution in [1.29, 1.82) is 0 Å². The van der Waals surface area contributed by atoms with Gasteiger partial charge in [-0.15, -0.1) is 0 Å². The van der Waals surface area contributed by atoms with E-state index in [0.29, 0.717) is 0 Å². The number of rotatable bonds is 6. The Balaban J connectivity index is 1.36. The highest BCUT2D eigenvalue weighted by Gasteiger charge is 2.28. The molecule has 2 nitrogen and oxygen atoms in total. The maximum Gasteiger partial charge on any atom is 0.0905 e. The molecule has 0 spiro atoms. The third-order valence-corrected chi connectivity index (χ3v) is 8.02. The lowest BCUT2D eigenvalue weighted by Crippen LogP contribution is -2.26. The molecule has 0 bridgehead atoms. The molecule has 1 aliphatic heterocycles. The highest BCUT2D eigenvalue weighted by molar-refractivity contribution is 5.94. The molecule has 0 amide bonds. The van der Waals surface area contributed by atoms with Gasteiger partial charge in [0.25, 0.3) is 0 Å². The van der Waals surface area contributed by atoms with Crippen LogP contribution in [0.1, 0.15) is 0 Å². The third-order valence-electron chi connectivity index (χ3n) is 8.02. The molecule has 2 heteroatoms. The second-order valence-electron chi connectivity index (χ2n) is 10.5. The number of para-hydroxylation sites is 2. The van der Waals surface area contributed by atoms with Gasteiger partial charge in [0, 0.05) is 35.3 Å². The maximum absolute atomic E-state index is 2.57. The van der Waals surface area contributed by atoms with Crippen molar-refractivity contribution in [3.8, 4) is 44.5 Å². The van der Waals surface area contributed by atoms with Crippen molar-refractivity contribution in [2.45, 2.75) is 0 Å². The standard InChI is InChI=1S/C39H32N2/c1-5-15-30(16-6-1)34-23-13-24-35(31-17-7-2-8-18-31)38(34)40-27-28-41(29-40)39-36(32-19-9-3-10-20-32)25-14-26-37(39)33-21-11-4-12-22-33/h1-26H,27-29H2. The van der Waals surface area contributed by atoms with Gasteiger partial charge in [0.2, 0.25) is 0 Å². The minimum Gasteiger partial charge on any atom is -0.351 e. The summed E-state index contributed by atoms with van der Waals surface area (Å²) in [6, 6.07) is 56.7. The Kier molecular flexibility index (Phi) is 6.80. The lowest BCUT2D eigenvalue weighted by Gasteiger charge is -2.29. The molecule has 0 unspecified atom stereocenters. The molecule has 1 heterocycles. The fourth-order valence-corrected chi connectivity index (χ4v) is 6.12. The van der Waals surface area contributed by atoms with Crippen LogP contribution in [0.15, 0.2) is 158 Å². The first-order chi connectivity index (χ1) is 20.4. The summed E-state index contributed by atoms with van der Waals surface area (Å²) in [7, 11) is 0. The van der Waals surface area contributed by atoms with Crippen molar-refractivity contribution in [3.05, 3.63) is 158 Å². The second kappa shape index (κ2) is 11.2. The topological polar surface area (TPSA) is 6.48 Å². The Morgan fingerprint density at radius 2 is 0.561 bits per heavy atom.